The van der Waals surface area contributed by atoms with Crippen molar-refractivity contribution < 1.29 is 9.59 Å². The third-order valence-electron chi connectivity index (χ3n) is 4.77. The van der Waals surface area contributed by atoms with Gasteiger partial charge in [0.2, 0.25) is 5.91 Å². The number of likely N-dealkylation sites (tertiary alicyclic amines) is 1. The SMILES string of the molecule is CC(C)(C)n1nc(C(=O)N2CCC(C(N)=O)CC2)cc1C1CC1. The van der Waals surface area contributed by atoms with Crippen LogP contribution in [0.1, 0.15) is 68.6 Å². The maximum Gasteiger partial charge on any atom is 0.274 e. The molecule has 2 N–H and O–H groups in total. The summed E-state index contributed by atoms with van der Waals surface area (Å²) in [5, 5.41) is 4.61. The van der Waals surface area contributed by atoms with Crippen LogP contribution in [-0.4, -0.2) is 39.6 Å². The van der Waals surface area contributed by atoms with Crippen LogP contribution < -0.4 is 5.73 Å². The highest BCUT2D eigenvalue weighted by Crippen LogP contribution is 2.41. The Balaban J connectivity index is 1.77. The Hall–Kier alpha value is -1.85. The Morgan fingerprint density at radius 3 is 2.26 bits per heavy atom. The van der Waals surface area contributed by atoms with Gasteiger partial charge in [-0.25, -0.2) is 0 Å². The molecule has 1 aliphatic carbocycles. The van der Waals surface area contributed by atoms with Crippen molar-refractivity contribution in [3.8, 4) is 0 Å². The van der Waals surface area contributed by atoms with Gasteiger partial charge in [-0.05, 0) is 52.5 Å². The van der Waals surface area contributed by atoms with Crippen LogP contribution in [-0.2, 0) is 10.3 Å². The van der Waals surface area contributed by atoms with E-state index in [2.05, 4.69) is 25.9 Å². The normalized spacial score (nSPS) is 19.9. The molecule has 0 unspecified atom stereocenters. The van der Waals surface area contributed by atoms with Crippen LogP contribution in [0.25, 0.3) is 0 Å². The highest BCUT2D eigenvalue weighted by molar-refractivity contribution is 5.92. The van der Waals surface area contributed by atoms with E-state index in [1.807, 2.05) is 10.7 Å². The molecule has 1 aliphatic heterocycles. The zero-order valence-electron chi connectivity index (χ0n) is 14.2. The van der Waals surface area contributed by atoms with Crippen molar-refractivity contribution >= 4 is 11.8 Å². The number of hydrogen-bond acceptors (Lipinski definition) is 3. The van der Waals surface area contributed by atoms with Crippen molar-refractivity contribution in [1.29, 1.82) is 0 Å². The van der Waals surface area contributed by atoms with Gasteiger partial charge in [0.05, 0.1) is 5.54 Å². The number of piperidine rings is 1. The number of aromatic nitrogens is 2. The van der Waals surface area contributed by atoms with Gasteiger partial charge in [0.1, 0.15) is 0 Å². The van der Waals surface area contributed by atoms with Crippen molar-refractivity contribution in [3.63, 3.8) is 0 Å². The quantitative estimate of drug-likeness (QED) is 0.923. The molecule has 3 rings (SSSR count). The molecule has 2 fully saturated rings. The summed E-state index contributed by atoms with van der Waals surface area (Å²) in [6, 6.07) is 1.96. The number of hydrogen-bond donors (Lipinski definition) is 1. The van der Waals surface area contributed by atoms with Crippen molar-refractivity contribution in [2.45, 2.75) is 57.9 Å². The van der Waals surface area contributed by atoms with Crippen LogP contribution in [0.3, 0.4) is 0 Å². The van der Waals surface area contributed by atoms with Gasteiger partial charge >= 0.3 is 0 Å². The van der Waals surface area contributed by atoms with Gasteiger partial charge in [-0.1, -0.05) is 0 Å². The molecular formula is C17H26N4O2. The summed E-state index contributed by atoms with van der Waals surface area (Å²) < 4.78 is 2.01. The lowest BCUT2D eigenvalue weighted by atomic mass is 9.96. The van der Waals surface area contributed by atoms with E-state index >= 15 is 0 Å². The van der Waals surface area contributed by atoms with E-state index in [4.69, 9.17) is 5.73 Å². The number of amides is 2. The minimum absolute atomic E-state index is 0.0298. The molecule has 23 heavy (non-hydrogen) atoms. The highest BCUT2D eigenvalue weighted by Gasteiger charge is 2.34. The largest absolute Gasteiger partial charge is 0.369 e. The first kappa shape index (κ1) is 16.0. The lowest BCUT2D eigenvalue weighted by molar-refractivity contribution is -0.123. The zero-order valence-corrected chi connectivity index (χ0v) is 14.2. The average molecular weight is 318 g/mol. The van der Waals surface area contributed by atoms with Crippen LogP contribution in [0.5, 0.6) is 0 Å². The molecule has 0 bridgehead atoms. The van der Waals surface area contributed by atoms with Crippen molar-refractivity contribution in [2.75, 3.05) is 13.1 Å². The second kappa shape index (κ2) is 5.65. The number of rotatable bonds is 3. The Morgan fingerprint density at radius 2 is 1.78 bits per heavy atom. The Bertz CT molecular complexity index is 617. The van der Waals surface area contributed by atoms with Crippen LogP contribution in [0, 0.1) is 5.92 Å². The molecule has 1 saturated heterocycles. The molecule has 2 amide bonds. The summed E-state index contributed by atoms with van der Waals surface area (Å²) in [4.78, 5) is 25.8. The fraction of sp³-hybridized carbons (Fsp3) is 0.706. The van der Waals surface area contributed by atoms with Crippen molar-refractivity contribution in [2.24, 2.45) is 11.7 Å². The van der Waals surface area contributed by atoms with Crippen LogP contribution in [0.2, 0.25) is 0 Å². The van der Waals surface area contributed by atoms with E-state index in [-0.39, 0.29) is 23.3 Å². The molecule has 1 aromatic rings. The van der Waals surface area contributed by atoms with E-state index in [0.717, 1.165) is 0 Å². The molecule has 2 heterocycles. The Kier molecular flexibility index (Phi) is 3.94. The van der Waals surface area contributed by atoms with Gasteiger partial charge in [-0.3, -0.25) is 14.3 Å². The predicted octanol–water partition coefficient (Wildman–Crippen LogP) is 1.85. The maximum absolute atomic E-state index is 12.7. The standard InChI is InChI=1S/C17H26N4O2/c1-17(2,3)21-14(11-4-5-11)10-13(19-21)16(23)20-8-6-12(7-9-20)15(18)22/h10-12H,4-9H2,1-3H3,(H2,18,22). The van der Waals surface area contributed by atoms with E-state index in [0.29, 0.717) is 37.5 Å². The molecule has 0 aromatic carbocycles. The summed E-state index contributed by atoms with van der Waals surface area (Å²) in [6.45, 7) is 7.48. The van der Waals surface area contributed by atoms with E-state index in [1.165, 1.54) is 18.5 Å². The average Bonchev–Trinajstić information content (AvgIpc) is 3.23. The van der Waals surface area contributed by atoms with Crippen LogP contribution in [0.4, 0.5) is 0 Å². The van der Waals surface area contributed by atoms with E-state index in [1.54, 1.807) is 4.90 Å². The number of primary amides is 1. The van der Waals surface area contributed by atoms with E-state index in [9.17, 15) is 9.59 Å². The number of carbonyl (C=O) groups excluding carboxylic acids is 2. The number of nitrogens with two attached hydrogens (primary N) is 1. The first-order valence-corrected chi connectivity index (χ1v) is 8.46. The molecule has 6 nitrogen and oxygen atoms in total. The van der Waals surface area contributed by atoms with Gasteiger partial charge in [0, 0.05) is 30.6 Å². The highest BCUT2D eigenvalue weighted by atomic mass is 16.2. The molecule has 126 valence electrons. The zero-order chi connectivity index (χ0) is 16.8. The topological polar surface area (TPSA) is 81.2 Å². The van der Waals surface area contributed by atoms with Gasteiger partial charge in [0.25, 0.3) is 5.91 Å². The first-order valence-electron chi connectivity index (χ1n) is 8.46. The molecule has 0 spiro atoms. The molecule has 1 aromatic heterocycles. The lowest BCUT2D eigenvalue weighted by Gasteiger charge is -2.30. The third-order valence-corrected chi connectivity index (χ3v) is 4.77. The smallest absolute Gasteiger partial charge is 0.274 e. The fourth-order valence-electron chi connectivity index (χ4n) is 3.24. The summed E-state index contributed by atoms with van der Waals surface area (Å²) in [5.41, 5.74) is 6.92. The predicted molar refractivity (Wildman–Crippen MR) is 87.0 cm³/mol. The summed E-state index contributed by atoms with van der Waals surface area (Å²) >= 11 is 0. The summed E-state index contributed by atoms with van der Waals surface area (Å²) in [5.74, 6) is 0.153. The first-order chi connectivity index (χ1) is 10.8. The summed E-state index contributed by atoms with van der Waals surface area (Å²) in [7, 11) is 0. The molecule has 0 radical (unpaired) electrons. The van der Waals surface area contributed by atoms with Crippen LogP contribution >= 0.6 is 0 Å². The van der Waals surface area contributed by atoms with Gasteiger partial charge in [0.15, 0.2) is 5.69 Å². The van der Waals surface area contributed by atoms with Gasteiger partial charge in [-0.2, -0.15) is 5.10 Å². The van der Waals surface area contributed by atoms with E-state index < -0.39 is 0 Å². The lowest BCUT2D eigenvalue weighted by Crippen LogP contribution is -2.42. The van der Waals surface area contributed by atoms with Gasteiger partial charge in [-0.15, -0.1) is 0 Å². The molecule has 1 saturated carbocycles. The Morgan fingerprint density at radius 1 is 1.17 bits per heavy atom. The maximum atomic E-state index is 12.7. The third kappa shape index (κ3) is 3.26. The number of nitrogens with zero attached hydrogens (tertiary/aromatic N) is 3. The molecule has 6 heteroatoms. The second-order valence-corrected chi connectivity index (χ2v) is 7.78. The monoisotopic (exact) mass is 318 g/mol. The van der Waals surface area contributed by atoms with Crippen molar-refractivity contribution in [3.05, 3.63) is 17.5 Å². The second-order valence-electron chi connectivity index (χ2n) is 7.78. The summed E-state index contributed by atoms with van der Waals surface area (Å²) in [6.07, 6.45) is 3.66. The van der Waals surface area contributed by atoms with Crippen LogP contribution in [0.15, 0.2) is 6.07 Å². The minimum Gasteiger partial charge on any atom is -0.369 e. The Labute approximate surface area is 137 Å². The van der Waals surface area contributed by atoms with Gasteiger partial charge < -0.3 is 10.6 Å². The van der Waals surface area contributed by atoms with Crippen molar-refractivity contribution in [1.82, 2.24) is 14.7 Å². The molecular weight excluding hydrogens is 292 g/mol. The minimum atomic E-state index is -0.259. The number of carbonyl (C=O) groups is 2. The fourth-order valence-corrected chi connectivity index (χ4v) is 3.24. The molecule has 0 atom stereocenters. The molecule has 2 aliphatic rings.